The number of aliphatic hydroxyl groups is 1. The number of aliphatic hydroxyl groups excluding tert-OH is 1. The molecule has 0 bridgehead atoms. The van der Waals surface area contributed by atoms with Crippen molar-refractivity contribution < 1.29 is 5.11 Å². The minimum atomic E-state index is -0.399. The Morgan fingerprint density at radius 2 is 2.13 bits per heavy atom. The van der Waals surface area contributed by atoms with E-state index in [2.05, 4.69) is 32.9 Å². The van der Waals surface area contributed by atoms with Gasteiger partial charge in [0.2, 0.25) is 0 Å². The summed E-state index contributed by atoms with van der Waals surface area (Å²) < 4.78 is 1.11. The first-order valence-electron chi connectivity index (χ1n) is 5.27. The summed E-state index contributed by atoms with van der Waals surface area (Å²) in [5.74, 6) is 0.360. The number of halogens is 1. The van der Waals surface area contributed by atoms with Gasteiger partial charge in [0, 0.05) is 9.77 Å². The molecule has 1 aliphatic rings. The highest BCUT2D eigenvalue weighted by Gasteiger charge is 2.23. The highest BCUT2D eigenvalue weighted by Crippen LogP contribution is 2.27. The zero-order chi connectivity index (χ0) is 10.7. The minimum absolute atomic E-state index is 0.360. The van der Waals surface area contributed by atoms with Crippen molar-refractivity contribution in [1.82, 2.24) is 10.3 Å². The summed E-state index contributed by atoms with van der Waals surface area (Å²) >= 11 is 2.22. The van der Waals surface area contributed by atoms with Crippen LogP contribution in [0.1, 0.15) is 24.6 Å². The molecule has 0 radical (unpaired) electrons. The fraction of sp³-hybridized carbons (Fsp3) is 0.545. The van der Waals surface area contributed by atoms with Crippen LogP contribution in [0.5, 0.6) is 0 Å². The Hall–Kier alpha value is -0.200. The van der Waals surface area contributed by atoms with Crippen molar-refractivity contribution >= 4 is 22.6 Å². The molecule has 1 unspecified atom stereocenters. The molecular weight excluding hydrogens is 303 g/mol. The quantitative estimate of drug-likeness (QED) is 0.816. The van der Waals surface area contributed by atoms with Crippen LogP contribution in [0.3, 0.4) is 0 Å². The number of nitrogens with one attached hydrogen (secondary N) is 1. The molecule has 2 N–H and O–H groups in total. The molecular formula is C11H15IN2O. The molecule has 1 fully saturated rings. The summed E-state index contributed by atoms with van der Waals surface area (Å²) in [6.07, 6.45) is 3.48. The second-order valence-electron chi connectivity index (χ2n) is 3.93. The number of piperidine rings is 1. The molecule has 4 heteroatoms. The van der Waals surface area contributed by atoms with Gasteiger partial charge in [-0.05, 0) is 66.6 Å². The van der Waals surface area contributed by atoms with E-state index < -0.39 is 6.10 Å². The lowest BCUT2D eigenvalue weighted by atomic mass is 9.90. The first-order valence-corrected chi connectivity index (χ1v) is 6.35. The lowest BCUT2D eigenvalue weighted by Crippen LogP contribution is -2.31. The highest BCUT2D eigenvalue weighted by atomic mass is 127. The van der Waals surface area contributed by atoms with Crippen LogP contribution in [0.2, 0.25) is 0 Å². The summed E-state index contributed by atoms with van der Waals surface area (Å²) in [5.41, 5.74) is 0.808. The maximum atomic E-state index is 10.1. The molecule has 2 heterocycles. The molecule has 0 aromatic carbocycles. The van der Waals surface area contributed by atoms with Crippen molar-refractivity contribution in [2.24, 2.45) is 5.92 Å². The van der Waals surface area contributed by atoms with Gasteiger partial charge in [-0.2, -0.15) is 0 Å². The zero-order valence-electron chi connectivity index (χ0n) is 8.49. The van der Waals surface area contributed by atoms with Crippen LogP contribution < -0.4 is 5.32 Å². The SMILES string of the molecule is OC(c1ccc(I)cn1)C1CCNCC1. The van der Waals surface area contributed by atoms with Crippen molar-refractivity contribution in [1.29, 1.82) is 0 Å². The average Bonchev–Trinajstić information content (AvgIpc) is 2.30. The first-order chi connectivity index (χ1) is 7.27. The second-order valence-corrected chi connectivity index (χ2v) is 5.18. The Labute approximate surface area is 103 Å². The molecule has 82 valence electrons. The van der Waals surface area contributed by atoms with Crippen molar-refractivity contribution in [3.05, 3.63) is 27.6 Å². The van der Waals surface area contributed by atoms with Crippen LogP contribution in [0.25, 0.3) is 0 Å². The van der Waals surface area contributed by atoms with E-state index in [0.717, 1.165) is 35.2 Å². The smallest absolute Gasteiger partial charge is 0.0988 e. The molecule has 1 aliphatic heterocycles. The minimum Gasteiger partial charge on any atom is -0.387 e. The number of aromatic nitrogens is 1. The van der Waals surface area contributed by atoms with Crippen molar-refractivity contribution in [3.8, 4) is 0 Å². The predicted molar refractivity (Wildman–Crippen MR) is 67.5 cm³/mol. The van der Waals surface area contributed by atoms with Gasteiger partial charge in [0.15, 0.2) is 0 Å². The monoisotopic (exact) mass is 318 g/mol. The van der Waals surface area contributed by atoms with Crippen LogP contribution in [0, 0.1) is 9.49 Å². The Morgan fingerprint density at radius 1 is 1.40 bits per heavy atom. The van der Waals surface area contributed by atoms with Crippen LogP contribution in [-0.2, 0) is 0 Å². The molecule has 1 saturated heterocycles. The second kappa shape index (κ2) is 5.23. The van der Waals surface area contributed by atoms with Crippen LogP contribution in [0.4, 0.5) is 0 Å². The van der Waals surface area contributed by atoms with E-state index in [0.29, 0.717) is 5.92 Å². The molecule has 3 nitrogen and oxygen atoms in total. The third-order valence-corrected chi connectivity index (χ3v) is 3.52. The summed E-state index contributed by atoms with van der Waals surface area (Å²) in [5, 5.41) is 13.4. The normalized spacial score (nSPS) is 20.1. The predicted octanol–water partition coefficient (Wildman–Crippen LogP) is 1.72. The van der Waals surface area contributed by atoms with E-state index in [4.69, 9.17) is 0 Å². The fourth-order valence-corrected chi connectivity index (χ4v) is 2.28. The molecule has 0 aliphatic carbocycles. The van der Waals surface area contributed by atoms with Gasteiger partial charge in [0.25, 0.3) is 0 Å². The van der Waals surface area contributed by atoms with Crippen molar-refractivity contribution in [3.63, 3.8) is 0 Å². The van der Waals surface area contributed by atoms with Gasteiger partial charge in [-0.3, -0.25) is 4.98 Å². The number of rotatable bonds is 2. The zero-order valence-corrected chi connectivity index (χ0v) is 10.6. The summed E-state index contributed by atoms with van der Waals surface area (Å²) in [6, 6.07) is 3.92. The number of hydrogen-bond acceptors (Lipinski definition) is 3. The highest BCUT2D eigenvalue weighted by molar-refractivity contribution is 14.1. The Bertz CT molecular complexity index is 309. The molecule has 1 atom stereocenters. The molecule has 1 aromatic heterocycles. The van der Waals surface area contributed by atoms with Gasteiger partial charge >= 0.3 is 0 Å². The fourth-order valence-electron chi connectivity index (χ4n) is 1.96. The summed E-state index contributed by atoms with van der Waals surface area (Å²) in [7, 11) is 0. The van der Waals surface area contributed by atoms with Crippen LogP contribution in [-0.4, -0.2) is 23.2 Å². The average molecular weight is 318 g/mol. The van der Waals surface area contributed by atoms with Crippen LogP contribution >= 0.6 is 22.6 Å². The van der Waals surface area contributed by atoms with Crippen molar-refractivity contribution in [2.75, 3.05) is 13.1 Å². The molecule has 0 amide bonds. The summed E-state index contributed by atoms with van der Waals surface area (Å²) in [4.78, 5) is 4.28. The van der Waals surface area contributed by atoms with E-state index in [-0.39, 0.29) is 0 Å². The maximum Gasteiger partial charge on any atom is 0.0988 e. The van der Waals surface area contributed by atoms with E-state index in [9.17, 15) is 5.11 Å². The molecule has 15 heavy (non-hydrogen) atoms. The van der Waals surface area contributed by atoms with E-state index >= 15 is 0 Å². The Morgan fingerprint density at radius 3 is 2.73 bits per heavy atom. The van der Waals surface area contributed by atoms with Gasteiger partial charge < -0.3 is 10.4 Å². The van der Waals surface area contributed by atoms with E-state index in [1.807, 2.05) is 12.1 Å². The molecule has 2 rings (SSSR count). The van der Waals surface area contributed by atoms with E-state index in [1.54, 1.807) is 6.20 Å². The number of nitrogens with zero attached hydrogens (tertiary/aromatic N) is 1. The topological polar surface area (TPSA) is 45.2 Å². The Kier molecular flexibility index (Phi) is 3.93. The van der Waals surface area contributed by atoms with Gasteiger partial charge in [-0.15, -0.1) is 0 Å². The third kappa shape index (κ3) is 2.89. The van der Waals surface area contributed by atoms with Gasteiger partial charge in [-0.25, -0.2) is 0 Å². The molecule has 0 saturated carbocycles. The lowest BCUT2D eigenvalue weighted by Gasteiger charge is -2.26. The Balaban J connectivity index is 2.05. The molecule has 0 spiro atoms. The standard InChI is InChI=1S/C11H15IN2O/c12-9-1-2-10(14-7-9)11(15)8-3-5-13-6-4-8/h1-2,7-8,11,13,15H,3-6H2. The van der Waals surface area contributed by atoms with Gasteiger partial charge in [0.1, 0.15) is 0 Å². The van der Waals surface area contributed by atoms with E-state index in [1.165, 1.54) is 0 Å². The number of hydrogen-bond donors (Lipinski definition) is 2. The van der Waals surface area contributed by atoms with Gasteiger partial charge in [0.05, 0.1) is 11.8 Å². The van der Waals surface area contributed by atoms with Gasteiger partial charge in [-0.1, -0.05) is 0 Å². The third-order valence-electron chi connectivity index (χ3n) is 2.88. The maximum absolute atomic E-state index is 10.1. The first kappa shape index (κ1) is 11.3. The summed E-state index contributed by atoms with van der Waals surface area (Å²) in [6.45, 7) is 2.01. The molecule has 1 aromatic rings. The van der Waals surface area contributed by atoms with Crippen LogP contribution in [0.15, 0.2) is 18.3 Å². The lowest BCUT2D eigenvalue weighted by molar-refractivity contribution is 0.0851. The van der Waals surface area contributed by atoms with Crippen molar-refractivity contribution in [2.45, 2.75) is 18.9 Å². The number of pyridine rings is 1. The largest absolute Gasteiger partial charge is 0.387 e.